The lowest BCUT2D eigenvalue weighted by Crippen LogP contribution is -2.25. The molecule has 0 radical (unpaired) electrons. The Labute approximate surface area is 190 Å². The first-order valence-corrected chi connectivity index (χ1v) is 10.4. The summed E-state index contributed by atoms with van der Waals surface area (Å²) in [6.07, 6.45) is -1.01. The molecule has 1 aromatic heterocycles. The Balaban J connectivity index is 1.58. The smallest absolute Gasteiger partial charge is 0.427 e. The van der Waals surface area contributed by atoms with E-state index in [1.807, 2.05) is 0 Å². The van der Waals surface area contributed by atoms with E-state index in [-0.39, 0.29) is 16.7 Å². The molecule has 1 aliphatic carbocycles. The van der Waals surface area contributed by atoms with Gasteiger partial charge in [-0.2, -0.15) is 22.0 Å². The van der Waals surface area contributed by atoms with Crippen LogP contribution in [0.25, 0.3) is 10.8 Å². The number of halogens is 7. The lowest BCUT2D eigenvalue weighted by Gasteiger charge is -2.22. The van der Waals surface area contributed by atoms with Crippen molar-refractivity contribution in [2.24, 2.45) is 0 Å². The van der Waals surface area contributed by atoms with Crippen molar-refractivity contribution in [1.29, 1.82) is 0 Å². The summed E-state index contributed by atoms with van der Waals surface area (Å²) < 4.78 is 99.4. The van der Waals surface area contributed by atoms with E-state index < -0.39 is 41.1 Å². The number of aromatic nitrogens is 2. The number of hydrogen-bond acceptors (Lipinski definition) is 3. The van der Waals surface area contributed by atoms with E-state index in [9.17, 15) is 30.7 Å². The number of fused-ring (bicyclic) bond motifs is 1. The predicted molar refractivity (Wildman–Crippen MR) is 109 cm³/mol. The molecule has 3 aromatic rings. The molecule has 34 heavy (non-hydrogen) atoms. The van der Waals surface area contributed by atoms with Crippen LogP contribution in [-0.2, 0) is 6.11 Å². The third-order valence-electron chi connectivity index (χ3n) is 5.58. The van der Waals surface area contributed by atoms with Crippen LogP contribution in [0.5, 0.6) is 5.75 Å². The molecular formula is C24H17F7N2O. The van der Waals surface area contributed by atoms with E-state index in [2.05, 4.69) is 9.97 Å². The molecule has 1 fully saturated rings. The molecule has 0 aliphatic heterocycles. The molecule has 10 heteroatoms. The van der Waals surface area contributed by atoms with E-state index in [4.69, 9.17) is 4.74 Å². The monoisotopic (exact) mass is 482 g/mol. The molecule has 2 aromatic carbocycles. The highest BCUT2D eigenvalue weighted by atomic mass is 19.4. The highest BCUT2D eigenvalue weighted by molar-refractivity contribution is 5.86. The van der Waals surface area contributed by atoms with Crippen LogP contribution in [0, 0.1) is 23.5 Å². The first kappa shape index (κ1) is 23.8. The van der Waals surface area contributed by atoms with Crippen molar-refractivity contribution in [3.63, 3.8) is 0 Å². The third kappa shape index (κ3) is 5.24. The molecule has 1 aliphatic rings. The van der Waals surface area contributed by atoms with Gasteiger partial charge in [0.25, 0.3) is 0 Å². The van der Waals surface area contributed by atoms with Gasteiger partial charge in [-0.05, 0) is 54.0 Å². The Morgan fingerprint density at radius 1 is 0.912 bits per heavy atom. The zero-order valence-electron chi connectivity index (χ0n) is 17.5. The van der Waals surface area contributed by atoms with Gasteiger partial charge >= 0.3 is 12.3 Å². The average molecular weight is 482 g/mol. The van der Waals surface area contributed by atoms with Crippen molar-refractivity contribution < 1.29 is 35.5 Å². The van der Waals surface area contributed by atoms with Gasteiger partial charge in [0.15, 0.2) is 0 Å². The van der Waals surface area contributed by atoms with Crippen molar-refractivity contribution in [2.45, 2.75) is 50.3 Å². The molecule has 4 rings (SSSR count). The number of nitrogens with zero attached hydrogens (tertiary/aromatic N) is 2. The maximum atomic E-state index is 14.6. The highest BCUT2D eigenvalue weighted by Crippen LogP contribution is 2.35. The van der Waals surface area contributed by atoms with Gasteiger partial charge in [0.1, 0.15) is 17.4 Å². The van der Waals surface area contributed by atoms with E-state index in [1.54, 1.807) is 0 Å². The quantitative estimate of drug-likeness (QED) is 0.297. The molecule has 1 saturated carbocycles. The van der Waals surface area contributed by atoms with Crippen LogP contribution < -0.4 is 4.74 Å². The fraction of sp³-hybridized carbons (Fsp3) is 0.333. The first-order valence-electron chi connectivity index (χ1n) is 10.4. The van der Waals surface area contributed by atoms with Crippen LogP contribution in [0.1, 0.15) is 55.0 Å². The summed E-state index contributed by atoms with van der Waals surface area (Å²) in [5.41, 5.74) is -0.296. The second kappa shape index (κ2) is 9.12. The maximum absolute atomic E-state index is 14.6. The standard InChI is InChI=1S/C24H17F7N2O/c25-20-11-15-10-17(6-7-18(15)21(26)19(20)8-9-23(27,28)29)34-24(30,31)22-32-12-16(13-33-22)14-4-2-1-3-5-14/h6-7,10-14H,1-5H2. The van der Waals surface area contributed by atoms with Crippen LogP contribution in [0.3, 0.4) is 0 Å². The molecular weight excluding hydrogens is 465 g/mol. The van der Waals surface area contributed by atoms with Gasteiger partial charge in [0.05, 0.1) is 5.56 Å². The van der Waals surface area contributed by atoms with Crippen molar-refractivity contribution >= 4 is 10.8 Å². The third-order valence-corrected chi connectivity index (χ3v) is 5.58. The molecule has 0 saturated heterocycles. The van der Waals surface area contributed by atoms with Gasteiger partial charge in [-0.15, -0.1) is 0 Å². The normalized spacial score (nSPS) is 15.1. The summed E-state index contributed by atoms with van der Waals surface area (Å²) >= 11 is 0. The van der Waals surface area contributed by atoms with Gasteiger partial charge < -0.3 is 4.74 Å². The first-order chi connectivity index (χ1) is 16.0. The Morgan fingerprint density at radius 2 is 1.59 bits per heavy atom. The van der Waals surface area contributed by atoms with Crippen molar-refractivity contribution in [3.05, 3.63) is 65.2 Å². The molecule has 0 amide bonds. The maximum Gasteiger partial charge on any atom is 0.462 e. The lowest BCUT2D eigenvalue weighted by atomic mass is 9.85. The van der Waals surface area contributed by atoms with Crippen LogP contribution in [0.4, 0.5) is 30.7 Å². The minimum atomic E-state index is -4.94. The largest absolute Gasteiger partial charge is 0.462 e. The predicted octanol–water partition coefficient (Wildman–Crippen LogP) is 7.00. The highest BCUT2D eigenvalue weighted by Gasteiger charge is 2.38. The van der Waals surface area contributed by atoms with Crippen molar-refractivity contribution in [2.75, 3.05) is 0 Å². The molecule has 0 bridgehead atoms. The summed E-state index contributed by atoms with van der Waals surface area (Å²) in [6, 6.07) is 3.60. The van der Waals surface area contributed by atoms with Gasteiger partial charge in [0, 0.05) is 23.7 Å². The van der Waals surface area contributed by atoms with Crippen LogP contribution in [0.2, 0.25) is 0 Å². The van der Waals surface area contributed by atoms with Crippen LogP contribution in [-0.4, -0.2) is 16.1 Å². The van der Waals surface area contributed by atoms with Gasteiger partial charge in [0.2, 0.25) is 5.82 Å². The topological polar surface area (TPSA) is 35.0 Å². The summed E-state index contributed by atoms with van der Waals surface area (Å²) in [5.74, 6) is -1.57. The number of benzene rings is 2. The SMILES string of the molecule is Fc1cc2cc(OC(F)(F)c3ncc(C4CCCCC4)cn3)ccc2c(F)c1C#CC(F)(F)F. The number of rotatable bonds is 4. The number of ether oxygens (including phenoxy) is 1. The van der Waals surface area contributed by atoms with Gasteiger partial charge in [-0.1, -0.05) is 25.2 Å². The zero-order valence-corrected chi connectivity index (χ0v) is 17.5. The number of hydrogen-bond donors (Lipinski definition) is 0. The Hall–Kier alpha value is -3.35. The minimum Gasteiger partial charge on any atom is -0.427 e. The Kier molecular flexibility index (Phi) is 6.39. The molecule has 0 atom stereocenters. The second-order valence-electron chi connectivity index (χ2n) is 7.97. The Morgan fingerprint density at radius 3 is 2.24 bits per heavy atom. The van der Waals surface area contributed by atoms with Crippen molar-refractivity contribution in [1.82, 2.24) is 9.97 Å². The van der Waals surface area contributed by atoms with E-state index >= 15 is 0 Å². The van der Waals surface area contributed by atoms with Crippen LogP contribution in [0.15, 0.2) is 36.7 Å². The van der Waals surface area contributed by atoms with E-state index in [1.165, 1.54) is 18.3 Å². The van der Waals surface area contributed by atoms with E-state index in [0.29, 0.717) is 6.07 Å². The summed E-state index contributed by atoms with van der Waals surface area (Å²) in [7, 11) is 0. The average Bonchev–Trinajstić information content (AvgIpc) is 2.78. The summed E-state index contributed by atoms with van der Waals surface area (Å²) in [4.78, 5) is 7.50. The van der Waals surface area contributed by atoms with Crippen LogP contribution >= 0.6 is 0 Å². The fourth-order valence-corrected chi connectivity index (χ4v) is 3.95. The number of alkyl halides is 5. The fourth-order valence-electron chi connectivity index (χ4n) is 3.95. The van der Waals surface area contributed by atoms with Gasteiger partial charge in [-0.3, -0.25) is 0 Å². The van der Waals surface area contributed by atoms with Gasteiger partial charge in [-0.25, -0.2) is 18.7 Å². The molecule has 178 valence electrons. The molecule has 1 heterocycles. The van der Waals surface area contributed by atoms with E-state index in [0.717, 1.165) is 61.8 Å². The molecule has 0 N–H and O–H groups in total. The van der Waals surface area contributed by atoms with Crippen molar-refractivity contribution in [3.8, 4) is 17.6 Å². The second-order valence-corrected chi connectivity index (χ2v) is 7.97. The molecule has 0 unspecified atom stereocenters. The minimum absolute atomic E-state index is 0.200. The lowest BCUT2D eigenvalue weighted by molar-refractivity contribution is -0.191. The molecule has 0 spiro atoms. The summed E-state index contributed by atoms with van der Waals surface area (Å²) in [6.45, 7) is 0. The Bertz CT molecular complexity index is 1250. The molecule has 3 nitrogen and oxygen atoms in total. The summed E-state index contributed by atoms with van der Waals surface area (Å²) in [5, 5.41) is -0.508. The zero-order chi connectivity index (χ0) is 24.5.